The fraction of sp³-hybridized carbons (Fsp3) is 0.562. The van der Waals surface area contributed by atoms with Gasteiger partial charge in [-0.25, -0.2) is 0 Å². The highest BCUT2D eigenvalue weighted by Crippen LogP contribution is 2.09. The van der Waals surface area contributed by atoms with Crippen molar-refractivity contribution in [2.45, 2.75) is 26.7 Å². The number of carbonyl (C=O) groups excluding carboxylic acids is 1. The Hall–Kier alpha value is -1.35. The van der Waals surface area contributed by atoms with Crippen molar-refractivity contribution in [3.05, 3.63) is 35.4 Å². The molecule has 0 unspecified atom stereocenters. The Labute approximate surface area is 116 Å². The van der Waals surface area contributed by atoms with E-state index in [1.807, 2.05) is 17.0 Å². The van der Waals surface area contributed by atoms with Crippen molar-refractivity contribution >= 4 is 5.91 Å². The second-order valence-electron chi connectivity index (χ2n) is 5.39. The topological polar surface area (TPSA) is 23.6 Å². The van der Waals surface area contributed by atoms with Gasteiger partial charge in [0.1, 0.15) is 0 Å². The van der Waals surface area contributed by atoms with Crippen molar-refractivity contribution in [3.8, 4) is 0 Å². The molecule has 0 saturated carbocycles. The summed E-state index contributed by atoms with van der Waals surface area (Å²) in [6.07, 6.45) is 1.73. The van der Waals surface area contributed by atoms with Crippen LogP contribution in [-0.4, -0.2) is 48.4 Å². The highest BCUT2D eigenvalue weighted by molar-refractivity contribution is 5.78. The molecular formula is C16H24N2O. The van der Waals surface area contributed by atoms with E-state index < -0.39 is 0 Å². The van der Waals surface area contributed by atoms with Crippen LogP contribution in [0.25, 0.3) is 0 Å². The maximum atomic E-state index is 12.3. The monoisotopic (exact) mass is 260 g/mol. The van der Waals surface area contributed by atoms with E-state index in [0.29, 0.717) is 6.42 Å². The van der Waals surface area contributed by atoms with Gasteiger partial charge in [-0.1, -0.05) is 36.8 Å². The first kappa shape index (κ1) is 14.1. The first-order valence-electron chi connectivity index (χ1n) is 7.24. The first-order chi connectivity index (χ1) is 9.19. The van der Waals surface area contributed by atoms with Crippen LogP contribution >= 0.6 is 0 Å². The summed E-state index contributed by atoms with van der Waals surface area (Å²) in [6.45, 7) is 9.22. The number of amides is 1. The average molecular weight is 260 g/mol. The third-order valence-corrected chi connectivity index (χ3v) is 3.70. The Bertz CT molecular complexity index is 423. The average Bonchev–Trinajstić information content (AvgIpc) is 2.40. The Morgan fingerprint density at radius 2 is 1.95 bits per heavy atom. The van der Waals surface area contributed by atoms with Crippen LogP contribution in [-0.2, 0) is 11.2 Å². The van der Waals surface area contributed by atoms with Gasteiger partial charge in [-0.05, 0) is 25.5 Å². The minimum atomic E-state index is 0.266. The number of hydrogen-bond acceptors (Lipinski definition) is 2. The fourth-order valence-corrected chi connectivity index (χ4v) is 2.65. The predicted molar refractivity (Wildman–Crippen MR) is 78.2 cm³/mol. The molecule has 0 aliphatic carbocycles. The zero-order valence-corrected chi connectivity index (χ0v) is 12.1. The van der Waals surface area contributed by atoms with E-state index in [0.717, 1.165) is 38.3 Å². The zero-order valence-electron chi connectivity index (χ0n) is 12.1. The number of benzene rings is 1. The summed E-state index contributed by atoms with van der Waals surface area (Å²) in [6, 6.07) is 8.23. The molecule has 104 valence electrons. The van der Waals surface area contributed by atoms with E-state index in [-0.39, 0.29) is 5.91 Å². The van der Waals surface area contributed by atoms with Crippen LogP contribution in [0.4, 0.5) is 0 Å². The third kappa shape index (κ3) is 4.06. The van der Waals surface area contributed by atoms with Gasteiger partial charge < -0.3 is 4.90 Å². The maximum absolute atomic E-state index is 12.3. The number of hydrogen-bond donors (Lipinski definition) is 0. The van der Waals surface area contributed by atoms with Gasteiger partial charge in [0.15, 0.2) is 0 Å². The summed E-state index contributed by atoms with van der Waals surface area (Å²) in [4.78, 5) is 16.7. The fourth-order valence-electron chi connectivity index (χ4n) is 2.65. The summed E-state index contributed by atoms with van der Waals surface area (Å²) >= 11 is 0. The standard InChI is InChI=1S/C16H24N2O/c1-3-7-17-8-10-18(11-9-17)16(19)13-15-6-4-5-14(2)12-15/h4-6,12H,3,7-11,13H2,1-2H3. The van der Waals surface area contributed by atoms with Gasteiger partial charge in [0.2, 0.25) is 5.91 Å². The second-order valence-corrected chi connectivity index (χ2v) is 5.39. The van der Waals surface area contributed by atoms with Crippen LogP contribution in [0, 0.1) is 6.92 Å². The van der Waals surface area contributed by atoms with E-state index in [2.05, 4.69) is 30.9 Å². The van der Waals surface area contributed by atoms with Crippen LogP contribution in [0.5, 0.6) is 0 Å². The highest BCUT2D eigenvalue weighted by Gasteiger charge is 2.20. The summed E-state index contributed by atoms with van der Waals surface area (Å²) in [7, 11) is 0. The van der Waals surface area contributed by atoms with Gasteiger partial charge >= 0.3 is 0 Å². The minimum Gasteiger partial charge on any atom is -0.340 e. The highest BCUT2D eigenvalue weighted by atomic mass is 16.2. The van der Waals surface area contributed by atoms with Crippen molar-refractivity contribution in [2.75, 3.05) is 32.7 Å². The van der Waals surface area contributed by atoms with Gasteiger partial charge in [0.25, 0.3) is 0 Å². The lowest BCUT2D eigenvalue weighted by Crippen LogP contribution is -2.49. The van der Waals surface area contributed by atoms with Gasteiger partial charge in [-0.15, -0.1) is 0 Å². The van der Waals surface area contributed by atoms with Crippen molar-refractivity contribution < 1.29 is 4.79 Å². The molecule has 1 saturated heterocycles. The normalized spacial score (nSPS) is 16.6. The SMILES string of the molecule is CCCN1CCN(C(=O)Cc2cccc(C)c2)CC1. The molecule has 3 nitrogen and oxygen atoms in total. The van der Waals surface area contributed by atoms with E-state index in [1.54, 1.807) is 0 Å². The molecule has 1 aromatic rings. The van der Waals surface area contributed by atoms with Crippen molar-refractivity contribution in [1.29, 1.82) is 0 Å². The van der Waals surface area contributed by atoms with Crippen LogP contribution in [0.15, 0.2) is 24.3 Å². The summed E-state index contributed by atoms with van der Waals surface area (Å²) in [5, 5.41) is 0. The van der Waals surface area contributed by atoms with Crippen LogP contribution in [0.3, 0.4) is 0 Å². The molecule has 0 aromatic heterocycles. The largest absolute Gasteiger partial charge is 0.340 e. The predicted octanol–water partition coefficient (Wildman–Crippen LogP) is 2.09. The molecule has 1 aliphatic rings. The Morgan fingerprint density at radius 1 is 1.21 bits per heavy atom. The van der Waals surface area contributed by atoms with Gasteiger partial charge in [-0.2, -0.15) is 0 Å². The lowest BCUT2D eigenvalue weighted by atomic mass is 10.1. The second kappa shape index (κ2) is 6.71. The number of rotatable bonds is 4. The van der Waals surface area contributed by atoms with Crippen LogP contribution in [0.1, 0.15) is 24.5 Å². The van der Waals surface area contributed by atoms with E-state index >= 15 is 0 Å². The summed E-state index contributed by atoms with van der Waals surface area (Å²) < 4.78 is 0. The molecular weight excluding hydrogens is 236 g/mol. The zero-order chi connectivity index (χ0) is 13.7. The van der Waals surface area contributed by atoms with Crippen LogP contribution < -0.4 is 0 Å². The Kier molecular flexibility index (Phi) is 4.97. The smallest absolute Gasteiger partial charge is 0.227 e. The van der Waals surface area contributed by atoms with Crippen molar-refractivity contribution in [1.82, 2.24) is 9.80 Å². The number of carbonyl (C=O) groups is 1. The lowest BCUT2D eigenvalue weighted by molar-refractivity contribution is -0.132. The van der Waals surface area contributed by atoms with Crippen molar-refractivity contribution in [2.24, 2.45) is 0 Å². The summed E-state index contributed by atoms with van der Waals surface area (Å²) in [5.41, 5.74) is 2.35. The van der Waals surface area contributed by atoms with Gasteiger partial charge in [0.05, 0.1) is 6.42 Å². The molecule has 0 spiro atoms. The third-order valence-electron chi connectivity index (χ3n) is 3.70. The van der Waals surface area contributed by atoms with E-state index in [1.165, 1.54) is 12.0 Å². The van der Waals surface area contributed by atoms with Gasteiger partial charge in [-0.3, -0.25) is 9.69 Å². The summed E-state index contributed by atoms with van der Waals surface area (Å²) in [5.74, 6) is 0.266. The molecule has 3 heteroatoms. The molecule has 1 aliphatic heterocycles. The Morgan fingerprint density at radius 3 is 2.58 bits per heavy atom. The number of piperazine rings is 1. The molecule has 1 aromatic carbocycles. The van der Waals surface area contributed by atoms with E-state index in [4.69, 9.17) is 0 Å². The molecule has 1 amide bonds. The molecule has 0 atom stereocenters. The Balaban J connectivity index is 1.84. The molecule has 19 heavy (non-hydrogen) atoms. The lowest BCUT2D eigenvalue weighted by Gasteiger charge is -2.34. The quantitative estimate of drug-likeness (QED) is 0.827. The molecule has 0 radical (unpaired) electrons. The maximum Gasteiger partial charge on any atom is 0.227 e. The molecule has 0 N–H and O–H groups in total. The molecule has 2 rings (SSSR count). The minimum absolute atomic E-state index is 0.266. The van der Waals surface area contributed by atoms with E-state index in [9.17, 15) is 4.79 Å². The van der Waals surface area contributed by atoms with Crippen molar-refractivity contribution in [3.63, 3.8) is 0 Å². The molecule has 1 fully saturated rings. The number of nitrogens with zero attached hydrogens (tertiary/aromatic N) is 2. The number of aryl methyl sites for hydroxylation is 1. The molecule has 0 bridgehead atoms. The first-order valence-corrected chi connectivity index (χ1v) is 7.24. The molecule has 1 heterocycles. The van der Waals surface area contributed by atoms with Crippen LogP contribution in [0.2, 0.25) is 0 Å². The van der Waals surface area contributed by atoms with Gasteiger partial charge in [0, 0.05) is 26.2 Å².